The fourth-order valence-electron chi connectivity index (χ4n) is 3.71. The molecule has 0 aromatic heterocycles. The number of hydrogen-bond acceptors (Lipinski definition) is 4. The van der Waals surface area contributed by atoms with Crippen LogP contribution in [-0.2, 0) is 4.74 Å². The van der Waals surface area contributed by atoms with E-state index in [-0.39, 0.29) is 18.6 Å². The third-order valence-electron chi connectivity index (χ3n) is 4.56. The van der Waals surface area contributed by atoms with Crippen LogP contribution < -0.4 is 0 Å². The fourth-order valence-corrected chi connectivity index (χ4v) is 3.71. The smallest absolute Gasteiger partial charge is 0.187 e. The Morgan fingerprint density at radius 1 is 1.44 bits per heavy atom. The molecule has 18 heavy (non-hydrogen) atoms. The van der Waals surface area contributed by atoms with Gasteiger partial charge in [-0.1, -0.05) is 13.8 Å². The van der Waals surface area contributed by atoms with Gasteiger partial charge < -0.3 is 14.9 Å². The molecule has 4 atom stereocenters. The Balaban J connectivity index is 2.09. The van der Waals surface area contributed by atoms with Gasteiger partial charge in [0.15, 0.2) is 5.79 Å². The third kappa shape index (κ3) is 2.57. The molecule has 4 heteroatoms. The van der Waals surface area contributed by atoms with Crippen molar-refractivity contribution < 1.29 is 14.9 Å². The molecule has 2 N–H and O–H groups in total. The lowest BCUT2D eigenvalue weighted by molar-refractivity contribution is -0.237. The second-order valence-electron chi connectivity index (χ2n) is 6.46. The summed E-state index contributed by atoms with van der Waals surface area (Å²) in [5.41, 5.74) is 0. The molecule has 0 amide bonds. The minimum absolute atomic E-state index is 0.0433. The van der Waals surface area contributed by atoms with Crippen LogP contribution in [0.5, 0.6) is 0 Å². The van der Waals surface area contributed by atoms with Crippen LogP contribution in [0.25, 0.3) is 0 Å². The monoisotopic (exact) mass is 257 g/mol. The van der Waals surface area contributed by atoms with Crippen LogP contribution in [0, 0.1) is 17.8 Å². The number of likely N-dealkylation sites (tertiary alicyclic amines) is 1. The summed E-state index contributed by atoms with van der Waals surface area (Å²) >= 11 is 0. The van der Waals surface area contributed by atoms with Gasteiger partial charge in [-0.15, -0.1) is 0 Å². The molecule has 2 heterocycles. The molecular formula is C14H27NO3. The molecule has 2 rings (SSSR count). The van der Waals surface area contributed by atoms with Gasteiger partial charge in [-0.2, -0.15) is 0 Å². The molecule has 0 spiro atoms. The first-order valence-electron chi connectivity index (χ1n) is 7.14. The first-order valence-corrected chi connectivity index (χ1v) is 7.14. The molecule has 0 unspecified atom stereocenters. The number of ether oxygens (including phenoxy) is 1. The Hall–Kier alpha value is -0.160. The van der Waals surface area contributed by atoms with E-state index in [1.807, 2.05) is 11.9 Å². The van der Waals surface area contributed by atoms with E-state index in [1.54, 1.807) is 0 Å². The molecule has 0 aromatic rings. The predicted molar refractivity (Wildman–Crippen MR) is 70.1 cm³/mol. The highest BCUT2D eigenvalue weighted by Gasteiger charge is 2.54. The minimum atomic E-state index is -1.14. The highest BCUT2D eigenvalue weighted by Crippen LogP contribution is 2.42. The summed E-state index contributed by atoms with van der Waals surface area (Å²) in [7, 11) is 1.95. The van der Waals surface area contributed by atoms with Crippen molar-refractivity contribution in [2.24, 2.45) is 17.8 Å². The van der Waals surface area contributed by atoms with Gasteiger partial charge in [0.1, 0.15) is 0 Å². The standard InChI is InChI=1S/C14H27NO3/c1-10(2)6-11-4-5-18-14(17)12(7-11)8-15(3)13(14)9-16/h10-13,16-17H,4-9H2,1-3H3/t11-,12-,13+,14+/m0/s1. The van der Waals surface area contributed by atoms with Crippen LogP contribution in [0.1, 0.15) is 33.1 Å². The number of rotatable bonds is 3. The second kappa shape index (κ2) is 5.45. The maximum atomic E-state index is 10.7. The van der Waals surface area contributed by atoms with Crippen molar-refractivity contribution >= 4 is 0 Å². The first kappa shape index (κ1) is 14.3. The molecule has 2 saturated heterocycles. The van der Waals surface area contributed by atoms with Gasteiger partial charge in [-0.05, 0) is 38.1 Å². The Morgan fingerprint density at radius 2 is 2.17 bits per heavy atom. The lowest BCUT2D eigenvalue weighted by Gasteiger charge is -2.33. The van der Waals surface area contributed by atoms with E-state index >= 15 is 0 Å². The molecule has 0 aliphatic carbocycles. The van der Waals surface area contributed by atoms with E-state index in [0.29, 0.717) is 18.4 Å². The molecule has 4 nitrogen and oxygen atoms in total. The summed E-state index contributed by atoms with van der Waals surface area (Å²) in [4.78, 5) is 2.03. The van der Waals surface area contributed by atoms with Gasteiger partial charge in [0.05, 0.1) is 19.3 Å². The molecular weight excluding hydrogens is 230 g/mol. The number of nitrogens with zero attached hydrogens (tertiary/aromatic N) is 1. The molecule has 0 radical (unpaired) electrons. The van der Waals surface area contributed by atoms with Gasteiger partial charge in [0.25, 0.3) is 0 Å². The fraction of sp³-hybridized carbons (Fsp3) is 1.00. The predicted octanol–water partition coefficient (Wildman–Crippen LogP) is 1.07. The van der Waals surface area contributed by atoms with E-state index in [1.165, 1.54) is 6.42 Å². The SMILES string of the molecule is CC(C)C[C@@H]1CCO[C@]2(O)[C@@H](C1)CN(C)[C@@H]2CO. The maximum absolute atomic E-state index is 10.7. The average molecular weight is 257 g/mol. The molecule has 2 aliphatic rings. The van der Waals surface area contributed by atoms with Crippen molar-refractivity contribution in [3.05, 3.63) is 0 Å². The molecule has 2 fully saturated rings. The number of hydrogen-bond donors (Lipinski definition) is 2. The summed E-state index contributed by atoms with van der Waals surface area (Å²) in [5.74, 6) is 0.310. The second-order valence-corrected chi connectivity index (χ2v) is 6.46. The first-order chi connectivity index (χ1) is 8.47. The van der Waals surface area contributed by atoms with Crippen LogP contribution >= 0.6 is 0 Å². The van der Waals surface area contributed by atoms with Gasteiger partial charge >= 0.3 is 0 Å². The van der Waals surface area contributed by atoms with E-state index in [4.69, 9.17) is 4.74 Å². The van der Waals surface area contributed by atoms with Crippen molar-refractivity contribution in [1.29, 1.82) is 0 Å². The van der Waals surface area contributed by atoms with Crippen LogP contribution in [0.15, 0.2) is 0 Å². The topological polar surface area (TPSA) is 52.9 Å². The van der Waals surface area contributed by atoms with Crippen LogP contribution in [0.4, 0.5) is 0 Å². The minimum Gasteiger partial charge on any atom is -0.395 e. The molecule has 0 saturated carbocycles. The summed E-state index contributed by atoms with van der Waals surface area (Å²) in [6.07, 6.45) is 3.23. The van der Waals surface area contributed by atoms with Gasteiger partial charge in [0.2, 0.25) is 0 Å². The van der Waals surface area contributed by atoms with Crippen molar-refractivity contribution in [2.75, 3.05) is 26.8 Å². The summed E-state index contributed by atoms with van der Waals surface area (Å²) in [6, 6.07) is -0.278. The van der Waals surface area contributed by atoms with E-state index in [9.17, 15) is 10.2 Å². The Labute approximate surface area is 110 Å². The van der Waals surface area contributed by atoms with E-state index < -0.39 is 5.79 Å². The third-order valence-corrected chi connectivity index (χ3v) is 4.56. The van der Waals surface area contributed by atoms with Crippen LogP contribution in [-0.4, -0.2) is 53.7 Å². The summed E-state index contributed by atoms with van der Waals surface area (Å²) in [6.45, 7) is 5.87. The lowest BCUT2D eigenvalue weighted by Crippen LogP contribution is -2.50. The number of aliphatic hydroxyl groups excluding tert-OH is 1. The Bertz CT molecular complexity index is 284. The summed E-state index contributed by atoms with van der Waals surface area (Å²) < 4.78 is 5.75. The van der Waals surface area contributed by atoms with Gasteiger partial charge in [-0.25, -0.2) is 0 Å². The van der Waals surface area contributed by atoms with E-state index in [0.717, 1.165) is 19.4 Å². The number of fused-ring (bicyclic) bond motifs is 1. The zero-order valence-corrected chi connectivity index (χ0v) is 11.8. The normalized spacial score (nSPS) is 42.0. The Kier molecular flexibility index (Phi) is 4.32. The lowest BCUT2D eigenvalue weighted by atomic mass is 9.84. The van der Waals surface area contributed by atoms with Crippen molar-refractivity contribution in [3.63, 3.8) is 0 Å². The number of likely N-dealkylation sites (N-methyl/N-ethyl adjacent to an activating group) is 1. The highest BCUT2D eigenvalue weighted by atomic mass is 16.6. The number of aliphatic hydroxyl groups is 2. The molecule has 106 valence electrons. The van der Waals surface area contributed by atoms with Crippen molar-refractivity contribution in [1.82, 2.24) is 4.90 Å². The quantitative estimate of drug-likeness (QED) is 0.794. The van der Waals surface area contributed by atoms with Crippen molar-refractivity contribution in [2.45, 2.75) is 44.9 Å². The van der Waals surface area contributed by atoms with E-state index in [2.05, 4.69) is 13.8 Å². The van der Waals surface area contributed by atoms with Gasteiger partial charge in [0, 0.05) is 12.5 Å². The maximum Gasteiger partial charge on any atom is 0.187 e. The average Bonchev–Trinajstić information content (AvgIpc) is 2.39. The molecule has 0 aromatic carbocycles. The molecule has 0 bridgehead atoms. The zero-order chi connectivity index (χ0) is 13.3. The van der Waals surface area contributed by atoms with Crippen LogP contribution in [0.3, 0.4) is 0 Å². The van der Waals surface area contributed by atoms with Crippen LogP contribution in [0.2, 0.25) is 0 Å². The largest absolute Gasteiger partial charge is 0.395 e. The Morgan fingerprint density at radius 3 is 2.78 bits per heavy atom. The summed E-state index contributed by atoms with van der Waals surface area (Å²) in [5, 5.41) is 20.2. The van der Waals surface area contributed by atoms with Gasteiger partial charge in [-0.3, -0.25) is 4.90 Å². The highest BCUT2D eigenvalue weighted by molar-refractivity contribution is 5.00. The molecule has 2 aliphatic heterocycles. The zero-order valence-electron chi connectivity index (χ0n) is 11.8. The van der Waals surface area contributed by atoms with Crippen molar-refractivity contribution in [3.8, 4) is 0 Å².